The van der Waals surface area contributed by atoms with Crippen LogP contribution in [0.5, 0.6) is 5.75 Å². The van der Waals surface area contributed by atoms with Gasteiger partial charge in [-0.1, -0.05) is 38.5 Å². The van der Waals surface area contributed by atoms with Crippen molar-refractivity contribution >= 4 is 0 Å². The van der Waals surface area contributed by atoms with Crippen molar-refractivity contribution < 1.29 is 4.74 Å². The maximum absolute atomic E-state index is 6.05. The van der Waals surface area contributed by atoms with Crippen molar-refractivity contribution in [3.8, 4) is 5.75 Å². The fourth-order valence-electron chi connectivity index (χ4n) is 3.14. The highest BCUT2D eigenvalue weighted by molar-refractivity contribution is 5.33. The van der Waals surface area contributed by atoms with Crippen LogP contribution < -0.4 is 10.1 Å². The molecule has 2 rings (SSSR count). The van der Waals surface area contributed by atoms with Crippen LogP contribution in [-0.2, 0) is 6.54 Å². The van der Waals surface area contributed by atoms with E-state index in [1.54, 1.807) is 0 Å². The van der Waals surface area contributed by atoms with Gasteiger partial charge in [0.05, 0.1) is 0 Å². The largest absolute Gasteiger partial charge is 0.492 e. The predicted molar refractivity (Wildman–Crippen MR) is 88.8 cm³/mol. The van der Waals surface area contributed by atoms with Crippen molar-refractivity contribution in [1.82, 2.24) is 10.2 Å². The van der Waals surface area contributed by atoms with E-state index in [-0.39, 0.29) is 0 Å². The van der Waals surface area contributed by atoms with E-state index in [9.17, 15) is 0 Å². The molecule has 0 bridgehead atoms. The summed E-state index contributed by atoms with van der Waals surface area (Å²) in [7, 11) is 0. The first kappa shape index (κ1) is 16.3. The van der Waals surface area contributed by atoms with Crippen LogP contribution in [0.2, 0.25) is 0 Å². The highest BCUT2D eigenvalue weighted by atomic mass is 16.5. The van der Waals surface area contributed by atoms with Crippen LogP contribution in [0.3, 0.4) is 0 Å². The Hall–Kier alpha value is -1.06. The van der Waals surface area contributed by atoms with Gasteiger partial charge in [-0.3, -0.25) is 4.90 Å². The molecular weight excluding hydrogens is 260 g/mol. The minimum atomic E-state index is 0.763. The van der Waals surface area contributed by atoms with Crippen LogP contribution in [-0.4, -0.2) is 37.2 Å². The number of benzene rings is 1. The Kier molecular flexibility index (Phi) is 7.04. The second-order valence-corrected chi connectivity index (χ2v) is 5.83. The predicted octanol–water partition coefficient (Wildman–Crippen LogP) is 3.44. The summed E-state index contributed by atoms with van der Waals surface area (Å²) in [6.45, 7) is 9.38. The van der Waals surface area contributed by atoms with Gasteiger partial charge in [0.1, 0.15) is 12.4 Å². The van der Waals surface area contributed by atoms with Gasteiger partial charge < -0.3 is 10.1 Å². The van der Waals surface area contributed by atoms with Crippen LogP contribution in [0.1, 0.15) is 45.1 Å². The number of nitrogens with one attached hydrogen (secondary N) is 1. The molecule has 0 saturated carbocycles. The number of piperidine rings is 1. The van der Waals surface area contributed by atoms with E-state index in [4.69, 9.17) is 4.74 Å². The molecule has 3 nitrogen and oxygen atoms in total. The van der Waals surface area contributed by atoms with Gasteiger partial charge in [-0.15, -0.1) is 0 Å². The van der Waals surface area contributed by atoms with Crippen LogP contribution in [0.15, 0.2) is 24.3 Å². The average Bonchev–Trinajstić information content (AvgIpc) is 2.54. The summed E-state index contributed by atoms with van der Waals surface area (Å²) >= 11 is 0. The SMILES string of the molecule is CCNCc1ccccc1OCCN1CCCCC1CC. The number of nitrogens with zero attached hydrogens (tertiary/aromatic N) is 1. The van der Waals surface area contributed by atoms with E-state index in [2.05, 4.69) is 48.3 Å². The number of likely N-dealkylation sites (tertiary alicyclic amines) is 1. The Labute approximate surface area is 129 Å². The van der Waals surface area contributed by atoms with Gasteiger partial charge in [-0.05, 0) is 38.4 Å². The van der Waals surface area contributed by atoms with Gasteiger partial charge in [0.15, 0.2) is 0 Å². The van der Waals surface area contributed by atoms with Crippen LogP contribution >= 0.6 is 0 Å². The number of hydrogen-bond donors (Lipinski definition) is 1. The zero-order chi connectivity index (χ0) is 14.9. The van der Waals surface area contributed by atoms with E-state index in [0.29, 0.717) is 0 Å². The lowest BCUT2D eigenvalue weighted by molar-refractivity contribution is 0.120. The number of para-hydroxylation sites is 1. The van der Waals surface area contributed by atoms with Gasteiger partial charge in [0.2, 0.25) is 0 Å². The van der Waals surface area contributed by atoms with E-state index in [1.165, 1.54) is 37.8 Å². The molecule has 1 heterocycles. The molecule has 1 fully saturated rings. The lowest BCUT2D eigenvalue weighted by Gasteiger charge is -2.35. The normalized spacial score (nSPS) is 19.6. The van der Waals surface area contributed by atoms with E-state index in [1.807, 2.05) is 0 Å². The van der Waals surface area contributed by atoms with Crippen molar-refractivity contribution in [2.45, 2.75) is 52.1 Å². The Morgan fingerprint density at radius 1 is 1.24 bits per heavy atom. The summed E-state index contributed by atoms with van der Waals surface area (Å²) in [5, 5.41) is 3.37. The molecule has 0 radical (unpaired) electrons. The first-order chi connectivity index (χ1) is 10.3. The highest BCUT2D eigenvalue weighted by Crippen LogP contribution is 2.20. The third kappa shape index (κ3) is 5.01. The average molecular weight is 290 g/mol. The number of ether oxygens (including phenoxy) is 1. The van der Waals surface area contributed by atoms with E-state index in [0.717, 1.165) is 38.0 Å². The van der Waals surface area contributed by atoms with Crippen LogP contribution in [0.25, 0.3) is 0 Å². The maximum atomic E-state index is 6.05. The fraction of sp³-hybridized carbons (Fsp3) is 0.667. The molecule has 1 atom stereocenters. The van der Waals surface area contributed by atoms with Crippen molar-refractivity contribution in [3.05, 3.63) is 29.8 Å². The number of rotatable bonds is 8. The second-order valence-electron chi connectivity index (χ2n) is 5.83. The molecule has 1 N–H and O–H groups in total. The molecule has 21 heavy (non-hydrogen) atoms. The number of hydrogen-bond acceptors (Lipinski definition) is 3. The minimum absolute atomic E-state index is 0.763. The van der Waals surface area contributed by atoms with Crippen molar-refractivity contribution in [2.75, 3.05) is 26.2 Å². The summed E-state index contributed by atoms with van der Waals surface area (Å²) in [5.74, 6) is 1.03. The lowest BCUT2D eigenvalue weighted by atomic mass is 10.0. The van der Waals surface area contributed by atoms with Gasteiger partial charge in [-0.25, -0.2) is 0 Å². The van der Waals surface area contributed by atoms with Crippen LogP contribution in [0, 0.1) is 0 Å². The van der Waals surface area contributed by atoms with Gasteiger partial charge in [0, 0.05) is 24.7 Å². The van der Waals surface area contributed by atoms with Gasteiger partial charge in [0.25, 0.3) is 0 Å². The summed E-state index contributed by atoms with van der Waals surface area (Å²) < 4.78 is 6.05. The zero-order valence-corrected chi connectivity index (χ0v) is 13.6. The Morgan fingerprint density at radius 3 is 2.90 bits per heavy atom. The van der Waals surface area contributed by atoms with Crippen LogP contribution in [0.4, 0.5) is 0 Å². The first-order valence-electron chi connectivity index (χ1n) is 8.50. The topological polar surface area (TPSA) is 24.5 Å². The molecule has 1 saturated heterocycles. The quantitative estimate of drug-likeness (QED) is 0.794. The second kappa shape index (κ2) is 9.06. The van der Waals surface area contributed by atoms with Gasteiger partial charge in [-0.2, -0.15) is 0 Å². The fourth-order valence-corrected chi connectivity index (χ4v) is 3.14. The van der Waals surface area contributed by atoms with E-state index < -0.39 is 0 Å². The molecule has 1 unspecified atom stereocenters. The van der Waals surface area contributed by atoms with Crippen molar-refractivity contribution in [3.63, 3.8) is 0 Å². The zero-order valence-electron chi connectivity index (χ0n) is 13.6. The molecule has 0 amide bonds. The molecule has 1 aliphatic rings. The Bertz CT molecular complexity index is 408. The van der Waals surface area contributed by atoms with Crippen molar-refractivity contribution in [2.24, 2.45) is 0 Å². The summed E-state index contributed by atoms with van der Waals surface area (Å²) in [4.78, 5) is 2.61. The molecule has 0 spiro atoms. The molecular formula is C18H30N2O. The molecule has 3 heteroatoms. The molecule has 1 aromatic rings. The third-order valence-corrected chi connectivity index (χ3v) is 4.39. The van der Waals surface area contributed by atoms with Crippen molar-refractivity contribution in [1.29, 1.82) is 0 Å². The Balaban J connectivity index is 1.82. The first-order valence-corrected chi connectivity index (χ1v) is 8.50. The molecule has 1 aromatic carbocycles. The summed E-state index contributed by atoms with van der Waals surface area (Å²) in [6, 6.07) is 9.13. The molecule has 118 valence electrons. The monoisotopic (exact) mass is 290 g/mol. The maximum Gasteiger partial charge on any atom is 0.123 e. The summed E-state index contributed by atoms with van der Waals surface area (Å²) in [5.41, 5.74) is 1.25. The summed E-state index contributed by atoms with van der Waals surface area (Å²) in [6.07, 6.45) is 5.35. The minimum Gasteiger partial charge on any atom is -0.492 e. The molecule has 0 aromatic heterocycles. The smallest absolute Gasteiger partial charge is 0.123 e. The lowest BCUT2D eigenvalue weighted by Crippen LogP contribution is -2.41. The molecule has 0 aliphatic carbocycles. The van der Waals surface area contributed by atoms with E-state index >= 15 is 0 Å². The van der Waals surface area contributed by atoms with Gasteiger partial charge >= 0.3 is 0 Å². The Morgan fingerprint density at radius 2 is 2.10 bits per heavy atom. The third-order valence-electron chi connectivity index (χ3n) is 4.39. The standard InChI is InChI=1S/C18H30N2O/c1-3-17-10-7-8-12-20(17)13-14-21-18-11-6-5-9-16(18)15-19-4-2/h5-6,9,11,17,19H,3-4,7-8,10,12-15H2,1-2H3. The molecule has 1 aliphatic heterocycles. The highest BCUT2D eigenvalue weighted by Gasteiger charge is 2.20.